The van der Waals surface area contributed by atoms with Crippen molar-refractivity contribution in [3.05, 3.63) is 33.9 Å². The molecule has 0 fully saturated rings. The number of anilines is 1. The number of ether oxygens (including phenoxy) is 1. The van der Waals surface area contributed by atoms with Crippen molar-refractivity contribution in [2.75, 3.05) is 18.4 Å². The second-order valence-corrected chi connectivity index (χ2v) is 8.15. The smallest absolute Gasteiger partial charge is 0.407 e. The van der Waals surface area contributed by atoms with Crippen molar-refractivity contribution >= 4 is 57.9 Å². The van der Waals surface area contributed by atoms with Crippen LogP contribution in [0.25, 0.3) is 10.9 Å². The maximum Gasteiger partial charge on any atom is 0.407 e. The largest absolute Gasteiger partial charge is 0.477 e. The zero-order chi connectivity index (χ0) is 22.5. The molecule has 30 heavy (non-hydrogen) atoms. The van der Waals surface area contributed by atoms with Crippen molar-refractivity contribution in [2.24, 2.45) is 0 Å². The topological polar surface area (TPSA) is 130 Å². The van der Waals surface area contributed by atoms with Crippen LogP contribution in [0.5, 0.6) is 0 Å². The predicted molar refractivity (Wildman–Crippen MR) is 115 cm³/mol. The van der Waals surface area contributed by atoms with Crippen molar-refractivity contribution in [3.8, 4) is 0 Å². The molecule has 0 aliphatic carbocycles. The van der Waals surface area contributed by atoms with Crippen LogP contribution < -0.4 is 16.0 Å². The molecule has 0 unspecified atom stereocenters. The van der Waals surface area contributed by atoms with Gasteiger partial charge >= 0.3 is 18.1 Å². The Kier molecular flexibility index (Phi) is 7.69. The molecule has 0 saturated carbocycles. The lowest BCUT2D eigenvalue weighted by Crippen LogP contribution is -2.35. The van der Waals surface area contributed by atoms with Gasteiger partial charge in [-0.2, -0.15) is 0 Å². The third-order valence-corrected chi connectivity index (χ3v) is 4.12. The summed E-state index contributed by atoms with van der Waals surface area (Å²) in [5.41, 5.74) is -0.430. The average Bonchev–Trinajstić information content (AvgIpc) is 2.58. The fraction of sp³-hybridized carbons (Fsp3) is 0.368. The van der Waals surface area contributed by atoms with Gasteiger partial charge in [0.25, 0.3) is 0 Å². The molecule has 0 atom stereocenters. The van der Waals surface area contributed by atoms with Crippen LogP contribution in [0, 0.1) is 0 Å². The number of urea groups is 1. The van der Waals surface area contributed by atoms with E-state index in [1.807, 2.05) is 0 Å². The molecule has 1 aromatic heterocycles. The van der Waals surface area contributed by atoms with E-state index in [1.165, 1.54) is 18.2 Å². The highest BCUT2D eigenvalue weighted by Gasteiger charge is 2.17. The summed E-state index contributed by atoms with van der Waals surface area (Å²) < 4.78 is 5.11. The van der Waals surface area contributed by atoms with E-state index in [-0.39, 0.29) is 33.5 Å². The minimum atomic E-state index is -1.26. The Morgan fingerprint density at radius 3 is 2.40 bits per heavy atom. The second kappa shape index (κ2) is 9.82. The molecule has 1 aromatic carbocycles. The number of nitrogens with zero attached hydrogens (tertiary/aromatic N) is 1. The minimum absolute atomic E-state index is 0.184. The number of aromatic nitrogens is 1. The number of pyridine rings is 1. The number of carbonyl (C=O) groups is 3. The molecule has 4 N–H and O–H groups in total. The van der Waals surface area contributed by atoms with Gasteiger partial charge in [-0.1, -0.05) is 23.2 Å². The molecule has 0 saturated heterocycles. The van der Waals surface area contributed by atoms with E-state index >= 15 is 0 Å². The lowest BCUT2D eigenvalue weighted by Gasteiger charge is -2.19. The van der Waals surface area contributed by atoms with Gasteiger partial charge in [0, 0.05) is 23.5 Å². The minimum Gasteiger partial charge on any atom is -0.477 e. The van der Waals surface area contributed by atoms with Gasteiger partial charge in [0.1, 0.15) is 5.60 Å². The molecule has 0 aliphatic rings. The number of nitrogens with one attached hydrogen (secondary N) is 3. The molecule has 11 heteroatoms. The number of benzene rings is 1. The molecule has 1 heterocycles. The molecule has 2 aromatic rings. The number of carbonyl (C=O) groups excluding carboxylic acids is 2. The molecule has 0 bridgehead atoms. The Morgan fingerprint density at radius 2 is 1.77 bits per heavy atom. The molecule has 3 amide bonds. The molecule has 0 radical (unpaired) electrons. The highest BCUT2D eigenvalue weighted by Crippen LogP contribution is 2.33. The number of amides is 3. The number of carboxylic acids is 1. The Balaban J connectivity index is 1.98. The van der Waals surface area contributed by atoms with E-state index in [1.54, 1.807) is 20.8 Å². The van der Waals surface area contributed by atoms with E-state index in [2.05, 4.69) is 20.9 Å². The summed E-state index contributed by atoms with van der Waals surface area (Å²) in [7, 11) is 0. The van der Waals surface area contributed by atoms with E-state index in [9.17, 15) is 19.5 Å². The zero-order valence-electron chi connectivity index (χ0n) is 16.6. The van der Waals surface area contributed by atoms with Gasteiger partial charge < -0.3 is 25.8 Å². The third kappa shape index (κ3) is 6.93. The van der Waals surface area contributed by atoms with E-state index in [0.717, 1.165) is 0 Å². The van der Waals surface area contributed by atoms with Crippen LogP contribution in [-0.4, -0.2) is 46.9 Å². The Hall–Kier alpha value is -2.78. The highest BCUT2D eigenvalue weighted by molar-refractivity contribution is 6.39. The van der Waals surface area contributed by atoms with E-state index in [0.29, 0.717) is 18.4 Å². The van der Waals surface area contributed by atoms with Gasteiger partial charge in [0.2, 0.25) is 0 Å². The van der Waals surface area contributed by atoms with Crippen molar-refractivity contribution < 1.29 is 24.2 Å². The summed E-state index contributed by atoms with van der Waals surface area (Å²) in [6.45, 7) is 5.85. The van der Waals surface area contributed by atoms with Crippen LogP contribution in [-0.2, 0) is 4.74 Å². The fourth-order valence-electron chi connectivity index (χ4n) is 2.46. The van der Waals surface area contributed by atoms with Crippen LogP contribution in [0.2, 0.25) is 10.0 Å². The van der Waals surface area contributed by atoms with Gasteiger partial charge in [-0.3, -0.25) is 0 Å². The van der Waals surface area contributed by atoms with Crippen LogP contribution in [0.3, 0.4) is 0 Å². The Labute approximate surface area is 183 Å². The van der Waals surface area contributed by atoms with Crippen LogP contribution >= 0.6 is 23.2 Å². The molecule has 0 aliphatic heterocycles. The molecular weight excluding hydrogens is 435 g/mol. The van der Waals surface area contributed by atoms with Gasteiger partial charge in [-0.05, 0) is 45.4 Å². The number of alkyl carbamates (subject to hydrolysis) is 1. The SMILES string of the molecule is CC(C)(C)OC(=O)NCCCNC(=O)Nc1cc(C(=O)O)nc2cc(Cl)cc(Cl)c12. The lowest BCUT2D eigenvalue weighted by atomic mass is 10.1. The first-order valence-corrected chi connectivity index (χ1v) is 9.76. The van der Waals surface area contributed by atoms with Gasteiger partial charge in [-0.25, -0.2) is 19.4 Å². The second-order valence-electron chi connectivity index (χ2n) is 7.31. The standard InChI is InChI=1S/C19H22Cl2N4O5/c1-19(2,3)30-18(29)23-6-4-5-22-17(28)25-13-9-14(16(26)27)24-12-8-10(20)7-11(21)15(12)13/h7-9H,4-6H2,1-3H3,(H,23,29)(H,26,27)(H2,22,24,25,28). The summed E-state index contributed by atoms with van der Waals surface area (Å²) in [5.74, 6) is -1.26. The number of halogens is 2. The quantitative estimate of drug-likeness (QED) is 0.480. The Morgan fingerprint density at radius 1 is 1.10 bits per heavy atom. The summed E-state index contributed by atoms with van der Waals surface area (Å²) in [4.78, 5) is 39.1. The highest BCUT2D eigenvalue weighted by atomic mass is 35.5. The molecule has 0 spiro atoms. The Bertz CT molecular complexity index is 976. The number of aromatic carboxylic acids is 1. The van der Waals surface area contributed by atoms with Crippen molar-refractivity contribution in [2.45, 2.75) is 32.8 Å². The first kappa shape index (κ1) is 23.5. The maximum atomic E-state index is 12.2. The zero-order valence-corrected chi connectivity index (χ0v) is 18.1. The predicted octanol–water partition coefficient (Wildman–Crippen LogP) is 4.28. The van der Waals surface area contributed by atoms with Crippen molar-refractivity contribution in [3.63, 3.8) is 0 Å². The van der Waals surface area contributed by atoms with E-state index in [4.69, 9.17) is 27.9 Å². The van der Waals surface area contributed by atoms with Crippen LogP contribution in [0.15, 0.2) is 18.2 Å². The molecule has 162 valence electrons. The van der Waals surface area contributed by atoms with Gasteiger partial charge in [-0.15, -0.1) is 0 Å². The van der Waals surface area contributed by atoms with Gasteiger partial charge in [0.15, 0.2) is 5.69 Å². The normalized spacial score (nSPS) is 11.1. The van der Waals surface area contributed by atoms with Crippen molar-refractivity contribution in [1.29, 1.82) is 0 Å². The summed E-state index contributed by atoms with van der Waals surface area (Å²) in [6, 6.07) is 3.58. The number of fused-ring (bicyclic) bond motifs is 1. The first-order chi connectivity index (χ1) is 14.0. The average molecular weight is 457 g/mol. The molecule has 9 nitrogen and oxygen atoms in total. The summed E-state index contributed by atoms with van der Waals surface area (Å²) >= 11 is 12.2. The number of rotatable bonds is 6. The van der Waals surface area contributed by atoms with Crippen molar-refractivity contribution in [1.82, 2.24) is 15.6 Å². The monoisotopic (exact) mass is 456 g/mol. The molecule has 2 rings (SSSR count). The number of hydrogen-bond donors (Lipinski definition) is 4. The van der Waals surface area contributed by atoms with Crippen LogP contribution in [0.1, 0.15) is 37.7 Å². The first-order valence-electron chi connectivity index (χ1n) is 9.01. The van der Waals surface area contributed by atoms with E-state index < -0.39 is 23.7 Å². The lowest BCUT2D eigenvalue weighted by molar-refractivity contribution is 0.0527. The summed E-state index contributed by atoms with van der Waals surface area (Å²) in [6.07, 6.45) is -0.0785. The third-order valence-electron chi connectivity index (χ3n) is 3.60. The van der Waals surface area contributed by atoms with Crippen LogP contribution in [0.4, 0.5) is 15.3 Å². The summed E-state index contributed by atoms with van der Waals surface area (Å²) in [5, 5.41) is 17.9. The number of carboxylic acid groups (broad SMARTS) is 1. The fourth-order valence-corrected chi connectivity index (χ4v) is 3.04. The maximum absolute atomic E-state index is 12.2. The molecular formula is C19H22Cl2N4O5. The van der Waals surface area contributed by atoms with Gasteiger partial charge in [0.05, 0.1) is 16.2 Å². The number of hydrogen-bond acceptors (Lipinski definition) is 5.